The molecule has 2 N–H and O–H groups in total. The van der Waals surface area contributed by atoms with Crippen LogP contribution in [0.15, 0.2) is 85.3 Å². The molecular weight excluding hydrogens is 868 g/mol. The summed E-state index contributed by atoms with van der Waals surface area (Å²) in [6, 6.07) is 21.0. The molecule has 348 valence electrons. The zero-order valence-corrected chi connectivity index (χ0v) is 37.7. The van der Waals surface area contributed by atoms with Gasteiger partial charge in [-0.3, -0.25) is 39.0 Å². The van der Waals surface area contributed by atoms with Crippen LogP contribution < -0.4 is 20.4 Å². The molecule has 6 aromatic rings. The lowest BCUT2D eigenvalue weighted by molar-refractivity contribution is -0.133. The summed E-state index contributed by atoms with van der Waals surface area (Å²) in [5.74, 6) is -0.308. The minimum atomic E-state index is -1.08. The van der Waals surface area contributed by atoms with Gasteiger partial charge in [0.15, 0.2) is 11.9 Å². The Hall–Kier alpha value is -7.47. The number of hydrogen-bond donors (Lipinski definition) is 2. The highest BCUT2D eigenvalue weighted by Crippen LogP contribution is 2.39. The molecule has 0 spiro atoms. The van der Waals surface area contributed by atoms with Gasteiger partial charge in [0.1, 0.15) is 11.6 Å². The highest BCUT2D eigenvalue weighted by atomic mass is 19.1. The summed E-state index contributed by atoms with van der Waals surface area (Å²) in [4.78, 5) is 84.2. The van der Waals surface area contributed by atoms with Gasteiger partial charge in [-0.1, -0.05) is 24.3 Å². The number of likely N-dealkylation sites (tertiary alicyclic amines) is 1. The van der Waals surface area contributed by atoms with E-state index in [1.54, 1.807) is 41.5 Å². The number of piperazine rings is 1. The van der Waals surface area contributed by atoms with E-state index < -0.39 is 29.7 Å². The molecule has 3 aromatic carbocycles. The van der Waals surface area contributed by atoms with Crippen LogP contribution in [0.2, 0.25) is 0 Å². The molecule has 0 saturated carbocycles. The molecule has 6 amide bonds. The number of pyridine rings is 1. The van der Waals surface area contributed by atoms with E-state index in [-0.39, 0.29) is 35.9 Å². The average Bonchev–Trinajstić information content (AvgIpc) is 4.14. The fourth-order valence-electron chi connectivity index (χ4n) is 10.6. The summed E-state index contributed by atoms with van der Waals surface area (Å²) in [6.07, 6.45) is 7.01. The Morgan fingerprint density at radius 1 is 0.868 bits per heavy atom. The summed E-state index contributed by atoms with van der Waals surface area (Å²) < 4.78 is 19.8. The van der Waals surface area contributed by atoms with E-state index in [4.69, 9.17) is 0 Å². The summed E-state index contributed by atoms with van der Waals surface area (Å²) in [7, 11) is 1.87. The van der Waals surface area contributed by atoms with E-state index in [2.05, 4.69) is 47.6 Å². The van der Waals surface area contributed by atoms with Crippen LogP contribution in [0.25, 0.3) is 22.0 Å². The highest BCUT2D eigenvalue weighted by Gasteiger charge is 2.42. The Morgan fingerprint density at radius 2 is 1.68 bits per heavy atom. The van der Waals surface area contributed by atoms with Crippen molar-refractivity contribution in [2.45, 2.75) is 57.2 Å². The van der Waals surface area contributed by atoms with Crippen LogP contribution in [0, 0.1) is 5.82 Å². The van der Waals surface area contributed by atoms with Gasteiger partial charge in [-0.15, -0.1) is 0 Å². The summed E-state index contributed by atoms with van der Waals surface area (Å²) in [5.41, 5.74) is 6.33. The number of rotatable bonds is 10. The van der Waals surface area contributed by atoms with Crippen LogP contribution in [-0.4, -0.2) is 121 Å². The lowest BCUT2D eigenvalue weighted by Gasteiger charge is -2.38. The maximum Gasteiger partial charge on any atom is 0.329 e. The number of carbonyl (C=O) groups is 5. The van der Waals surface area contributed by atoms with Crippen molar-refractivity contribution in [1.29, 1.82) is 0 Å². The Kier molecular flexibility index (Phi) is 11.2. The molecule has 3 saturated heterocycles. The number of nitrogens with zero attached hydrogens (tertiary/aromatic N) is 10. The van der Waals surface area contributed by atoms with Gasteiger partial charge < -0.3 is 24.6 Å². The molecule has 0 unspecified atom stereocenters. The lowest BCUT2D eigenvalue weighted by atomic mass is 9.89. The highest BCUT2D eigenvalue weighted by molar-refractivity contribution is 6.09. The molecule has 11 rings (SSSR count). The second-order valence-corrected chi connectivity index (χ2v) is 18.3. The number of carbonyl (C=O) groups excluding carboxylic acids is 5. The van der Waals surface area contributed by atoms with Gasteiger partial charge in [-0.05, 0) is 110 Å². The average molecular weight is 919 g/mol. The van der Waals surface area contributed by atoms with Crippen LogP contribution in [0.3, 0.4) is 0 Å². The van der Waals surface area contributed by atoms with Gasteiger partial charge >= 0.3 is 6.03 Å². The third-order valence-corrected chi connectivity index (χ3v) is 14.3. The van der Waals surface area contributed by atoms with Crippen LogP contribution >= 0.6 is 0 Å². The third kappa shape index (κ3) is 8.01. The Balaban J connectivity index is 0.692. The van der Waals surface area contributed by atoms with Crippen LogP contribution in [-0.2, 0) is 40.9 Å². The molecule has 0 aliphatic carbocycles. The number of aromatic nitrogens is 5. The van der Waals surface area contributed by atoms with Gasteiger partial charge in [-0.25, -0.2) is 19.2 Å². The minimum absolute atomic E-state index is 0.0687. The molecule has 18 heteroatoms. The first-order valence-corrected chi connectivity index (χ1v) is 23.4. The van der Waals surface area contributed by atoms with Crippen molar-refractivity contribution in [3.8, 4) is 11.1 Å². The van der Waals surface area contributed by atoms with Crippen LogP contribution in [0.5, 0.6) is 0 Å². The molecule has 3 aromatic heterocycles. The summed E-state index contributed by atoms with van der Waals surface area (Å²) >= 11 is 0. The smallest absolute Gasteiger partial charge is 0.329 e. The van der Waals surface area contributed by atoms with Crippen molar-refractivity contribution in [3.05, 3.63) is 119 Å². The van der Waals surface area contributed by atoms with Crippen molar-refractivity contribution >= 4 is 57.9 Å². The van der Waals surface area contributed by atoms with Crippen molar-refractivity contribution in [2.75, 3.05) is 67.5 Å². The number of benzene rings is 3. The topological polar surface area (TPSA) is 174 Å². The standard InChI is InChI=1S/C50H51FN12O5/c1-57-41-27-33(9-12-36(41)47(56-57)62-20-15-43(64)55-50(62)68)32-13-18-58(19-14-32)29-44(65)60-23-21-59(22-24-60)35-10-7-31(8-11-35)34-25-37-38(39(51)26-34)28-63(49(37)67)46(45-40-5-4-17-61(40)30-53-45)48(66)54-42-6-2-3-16-52-42/h2-3,6-12,16,25-27,30,32,46H,4-5,13-15,17-24,28-29H2,1H3,(H,52,54,66)(H,55,64,68)/t46-/m0/s1. The van der Waals surface area contributed by atoms with Crippen LogP contribution in [0.1, 0.15) is 70.5 Å². The molecule has 8 heterocycles. The first kappa shape index (κ1) is 43.1. The second kappa shape index (κ2) is 17.6. The number of imide groups is 1. The number of anilines is 3. The normalized spacial score (nSPS) is 18.3. The van der Waals surface area contributed by atoms with Crippen molar-refractivity contribution in [1.82, 2.24) is 44.3 Å². The fraction of sp³-hybridized carbons (Fsp3) is 0.360. The molecule has 17 nitrogen and oxygen atoms in total. The molecule has 0 radical (unpaired) electrons. The molecule has 5 aliphatic rings. The molecule has 5 aliphatic heterocycles. The Bertz CT molecular complexity index is 2970. The zero-order chi connectivity index (χ0) is 46.6. The quantitative estimate of drug-likeness (QED) is 0.185. The van der Waals surface area contributed by atoms with Crippen molar-refractivity contribution in [2.24, 2.45) is 7.05 Å². The molecule has 0 bridgehead atoms. The predicted octanol–water partition coefficient (Wildman–Crippen LogP) is 5.23. The molecule has 3 fully saturated rings. The number of piperidine rings is 1. The van der Waals surface area contributed by atoms with Gasteiger partial charge in [0.05, 0.1) is 30.6 Å². The number of amides is 6. The van der Waals surface area contributed by atoms with E-state index >= 15 is 4.39 Å². The maximum atomic E-state index is 16.0. The van der Waals surface area contributed by atoms with Gasteiger partial charge in [0.2, 0.25) is 11.8 Å². The number of hydrogen-bond acceptors (Lipinski definition) is 10. The number of urea groups is 1. The van der Waals surface area contributed by atoms with E-state index in [0.717, 1.165) is 73.2 Å². The van der Waals surface area contributed by atoms with Crippen LogP contribution in [0.4, 0.5) is 26.5 Å². The van der Waals surface area contributed by atoms with E-state index in [0.29, 0.717) is 68.1 Å². The zero-order valence-electron chi connectivity index (χ0n) is 37.7. The SMILES string of the molecule is Cn1nc(N2CCC(=O)NC2=O)c2ccc(C3CCN(CC(=O)N4CCN(c5ccc(-c6cc(F)c7c(c6)C(=O)N([C@H](C(=O)Nc6ccccn6)c6ncn8c6CCC8)C7)cc5)CC4)CC3)cc21. The van der Waals surface area contributed by atoms with E-state index in [9.17, 15) is 24.0 Å². The van der Waals surface area contributed by atoms with Gasteiger partial charge in [0.25, 0.3) is 11.8 Å². The Labute approximate surface area is 391 Å². The number of aryl methyl sites for hydroxylation is 2. The summed E-state index contributed by atoms with van der Waals surface area (Å²) in [6.45, 7) is 5.60. The van der Waals surface area contributed by atoms with Crippen molar-refractivity contribution < 1.29 is 28.4 Å². The minimum Gasteiger partial charge on any atom is -0.368 e. The fourth-order valence-corrected chi connectivity index (χ4v) is 10.6. The molecule has 68 heavy (non-hydrogen) atoms. The Morgan fingerprint density at radius 3 is 2.44 bits per heavy atom. The largest absolute Gasteiger partial charge is 0.368 e. The molecule has 1 atom stereocenters. The lowest BCUT2D eigenvalue weighted by Crippen LogP contribution is -2.51. The number of imidazole rings is 1. The summed E-state index contributed by atoms with van der Waals surface area (Å²) in [5, 5.41) is 10.7. The van der Waals surface area contributed by atoms with Gasteiger partial charge in [0, 0.05) is 86.8 Å². The van der Waals surface area contributed by atoms with E-state index in [1.165, 1.54) is 21.4 Å². The third-order valence-electron chi connectivity index (χ3n) is 14.3. The number of nitrogens with one attached hydrogen (secondary N) is 2. The predicted molar refractivity (Wildman–Crippen MR) is 251 cm³/mol. The van der Waals surface area contributed by atoms with E-state index in [1.807, 2.05) is 46.8 Å². The molecular formula is C50H51FN12O5. The first-order chi connectivity index (χ1) is 33.1. The second-order valence-electron chi connectivity index (χ2n) is 18.3. The maximum absolute atomic E-state index is 16.0. The van der Waals surface area contributed by atoms with Crippen molar-refractivity contribution in [3.63, 3.8) is 0 Å². The monoisotopic (exact) mass is 918 g/mol. The van der Waals surface area contributed by atoms with Gasteiger partial charge in [-0.2, -0.15) is 5.10 Å². The number of fused-ring (bicyclic) bond motifs is 3. The first-order valence-electron chi connectivity index (χ1n) is 23.4. The number of halogens is 1.